The summed E-state index contributed by atoms with van der Waals surface area (Å²) in [5.41, 5.74) is 0.961. The first kappa shape index (κ1) is 9.27. The topological polar surface area (TPSA) is 27.7 Å². The molecule has 0 fully saturated rings. The van der Waals surface area contributed by atoms with Crippen LogP contribution in [0.2, 0.25) is 0 Å². The maximum absolute atomic E-state index is 11.7. The standard InChI is InChI=1S/C10H11FO3/c11-3-4-12-6-8-1-2-9-10(5-8)14-7-13-9/h1-2,5H,3-4,6-7H2. The molecule has 1 aromatic carbocycles. The van der Waals surface area contributed by atoms with Gasteiger partial charge in [-0.1, -0.05) is 6.07 Å². The van der Waals surface area contributed by atoms with E-state index < -0.39 is 6.67 Å². The first-order valence-electron chi connectivity index (χ1n) is 4.42. The van der Waals surface area contributed by atoms with Crippen molar-refractivity contribution >= 4 is 0 Å². The first-order valence-corrected chi connectivity index (χ1v) is 4.42. The van der Waals surface area contributed by atoms with Crippen LogP contribution in [-0.4, -0.2) is 20.1 Å². The molecular formula is C10H11FO3. The van der Waals surface area contributed by atoms with Crippen LogP contribution in [0.4, 0.5) is 4.39 Å². The summed E-state index contributed by atoms with van der Waals surface area (Å²) in [6, 6.07) is 5.56. The zero-order valence-electron chi connectivity index (χ0n) is 7.66. The molecule has 0 N–H and O–H groups in total. The highest BCUT2D eigenvalue weighted by molar-refractivity contribution is 5.44. The third-order valence-electron chi connectivity index (χ3n) is 1.93. The minimum absolute atomic E-state index is 0.133. The summed E-state index contributed by atoms with van der Waals surface area (Å²) in [6.07, 6.45) is 0. The van der Waals surface area contributed by atoms with Crippen molar-refractivity contribution < 1.29 is 18.6 Å². The van der Waals surface area contributed by atoms with E-state index in [0.717, 1.165) is 17.1 Å². The largest absolute Gasteiger partial charge is 0.454 e. The molecule has 0 spiro atoms. The third kappa shape index (κ3) is 1.96. The molecule has 0 bridgehead atoms. The van der Waals surface area contributed by atoms with Gasteiger partial charge < -0.3 is 14.2 Å². The average molecular weight is 198 g/mol. The Morgan fingerprint density at radius 2 is 2.14 bits per heavy atom. The van der Waals surface area contributed by atoms with E-state index in [1.165, 1.54) is 0 Å². The predicted molar refractivity (Wildman–Crippen MR) is 48.2 cm³/mol. The molecule has 1 aliphatic rings. The van der Waals surface area contributed by atoms with Gasteiger partial charge in [0, 0.05) is 0 Å². The second-order valence-corrected chi connectivity index (χ2v) is 2.93. The van der Waals surface area contributed by atoms with E-state index in [-0.39, 0.29) is 13.4 Å². The smallest absolute Gasteiger partial charge is 0.231 e. The number of hydrogen-bond donors (Lipinski definition) is 0. The minimum Gasteiger partial charge on any atom is -0.454 e. The summed E-state index contributed by atoms with van der Waals surface area (Å²) in [6.45, 7) is 0.351. The molecule has 0 radical (unpaired) electrons. The maximum atomic E-state index is 11.7. The van der Waals surface area contributed by atoms with Gasteiger partial charge in [0.15, 0.2) is 11.5 Å². The average Bonchev–Trinajstić information content (AvgIpc) is 2.65. The van der Waals surface area contributed by atoms with Gasteiger partial charge in [-0.05, 0) is 17.7 Å². The van der Waals surface area contributed by atoms with Crippen molar-refractivity contribution in [3.05, 3.63) is 23.8 Å². The number of halogens is 1. The fourth-order valence-corrected chi connectivity index (χ4v) is 1.28. The van der Waals surface area contributed by atoms with Crippen molar-refractivity contribution in [2.75, 3.05) is 20.1 Å². The number of rotatable bonds is 4. The lowest BCUT2D eigenvalue weighted by atomic mass is 10.2. The van der Waals surface area contributed by atoms with Gasteiger partial charge in [0.25, 0.3) is 0 Å². The molecular weight excluding hydrogens is 187 g/mol. The predicted octanol–water partition coefficient (Wildman–Crippen LogP) is 1.90. The molecule has 0 atom stereocenters. The van der Waals surface area contributed by atoms with Gasteiger partial charge >= 0.3 is 0 Å². The molecule has 4 heteroatoms. The van der Waals surface area contributed by atoms with Crippen LogP contribution in [0.3, 0.4) is 0 Å². The van der Waals surface area contributed by atoms with E-state index in [9.17, 15) is 4.39 Å². The highest BCUT2D eigenvalue weighted by atomic mass is 19.1. The molecule has 0 amide bonds. The van der Waals surface area contributed by atoms with Gasteiger partial charge in [0.2, 0.25) is 6.79 Å². The van der Waals surface area contributed by atoms with Crippen molar-refractivity contribution in [3.8, 4) is 11.5 Å². The lowest BCUT2D eigenvalue weighted by Gasteiger charge is -2.02. The Hall–Kier alpha value is -1.29. The molecule has 1 aliphatic heterocycles. The zero-order valence-corrected chi connectivity index (χ0v) is 7.66. The number of benzene rings is 1. The lowest BCUT2D eigenvalue weighted by Crippen LogP contribution is -1.96. The van der Waals surface area contributed by atoms with E-state index in [4.69, 9.17) is 14.2 Å². The number of fused-ring (bicyclic) bond motifs is 1. The molecule has 0 unspecified atom stereocenters. The summed E-state index contributed by atoms with van der Waals surface area (Å²) in [5.74, 6) is 1.48. The Bertz CT molecular complexity index is 314. The van der Waals surface area contributed by atoms with E-state index >= 15 is 0 Å². The van der Waals surface area contributed by atoms with Crippen LogP contribution in [0.1, 0.15) is 5.56 Å². The van der Waals surface area contributed by atoms with E-state index in [0.29, 0.717) is 6.61 Å². The Labute approximate surface area is 81.4 Å². The van der Waals surface area contributed by atoms with E-state index in [1.807, 2.05) is 18.2 Å². The molecule has 0 aliphatic carbocycles. The quantitative estimate of drug-likeness (QED) is 0.691. The first-order chi connectivity index (χ1) is 6.90. The van der Waals surface area contributed by atoms with Crippen molar-refractivity contribution in [2.45, 2.75) is 6.61 Å². The van der Waals surface area contributed by atoms with Gasteiger partial charge in [-0.15, -0.1) is 0 Å². The molecule has 0 saturated heterocycles. The molecule has 3 nitrogen and oxygen atoms in total. The van der Waals surface area contributed by atoms with Gasteiger partial charge in [0.05, 0.1) is 13.2 Å². The monoisotopic (exact) mass is 198 g/mol. The molecule has 76 valence electrons. The highest BCUT2D eigenvalue weighted by Crippen LogP contribution is 2.32. The molecule has 2 rings (SSSR count). The number of ether oxygens (including phenoxy) is 3. The highest BCUT2D eigenvalue weighted by Gasteiger charge is 2.12. The SMILES string of the molecule is FCCOCc1ccc2c(c1)OCO2. The third-order valence-corrected chi connectivity index (χ3v) is 1.93. The minimum atomic E-state index is -0.454. The van der Waals surface area contributed by atoms with Gasteiger partial charge in [0.1, 0.15) is 6.67 Å². The maximum Gasteiger partial charge on any atom is 0.231 e. The van der Waals surface area contributed by atoms with Gasteiger partial charge in [-0.2, -0.15) is 0 Å². The molecule has 0 saturated carbocycles. The Morgan fingerprint density at radius 1 is 1.29 bits per heavy atom. The molecule has 1 heterocycles. The summed E-state index contributed by atoms with van der Waals surface area (Å²) in [4.78, 5) is 0. The van der Waals surface area contributed by atoms with Gasteiger partial charge in [-0.3, -0.25) is 0 Å². The van der Waals surface area contributed by atoms with Crippen molar-refractivity contribution in [1.29, 1.82) is 0 Å². The summed E-state index contributed by atoms with van der Waals surface area (Å²) >= 11 is 0. The second-order valence-electron chi connectivity index (χ2n) is 2.93. The van der Waals surface area contributed by atoms with Crippen molar-refractivity contribution in [1.82, 2.24) is 0 Å². The fourth-order valence-electron chi connectivity index (χ4n) is 1.28. The van der Waals surface area contributed by atoms with Crippen LogP contribution >= 0.6 is 0 Å². The fraction of sp³-hybridized carbons (Fsp3) is 0.400. The molecule has 0 aromatic heterocycles. The summed E-state index contributed by atoms with van der Waals surface area (Å²) < 4.78 is 27.2. The van der Waals surface area contributed by atoms with Crippen LogP contribution in [0, 0.1) is 0 Å². The lowest BCUT2D eigenvalue weighted by molar-refractivity contribution is 0.106. The van der Waals surface area contributed by atoms with Crippen molar-refractivity contribution in [3.63, 3.8) is 0 Å². The summed E-state index contributed by atoms with van der Waals surface area (Å²) in [5, 5.41) is 0. The normalized spacial score (nSPS) is 13.2. The second kappa shape index (κ2) is 4.28. The Kier molecular flexibility index (Phi) is 2.84. The number of alkyl halides is 1. The van der Waals surface area contributed by atoms with Crippen LogP contribution < -0.4 is 9.47 Å². The molecule has 1 aromatic rings. The van der Waals surface area contributed by atoms with Crippen molar-refractivity contribution in [2.24, 2.45) is 0 Å². The summed E-state index contributed by atoms with van der Waals surface area (Å²) in [7, 11) is 0. The number of hydrogen-bond acceptors (Lipinski definition) is 3. The van der Waals surface area contributed by atoms with Crippen LogP contribution in [0.5, 0.6) is 11.5 Å². The van der Waals surface area contributed by atoms with Gasteiger partial charge in [-0.25, -0.2) is 4.39 Å². The van der Waals surface area contributed by atoms with E-state index in [2.05, 4.69) is 0 Å². The van der Waals surface area contributed by atoms with E-state index in [1.54, 1.807) is 0 Å². The van der Waals surface area contributed by atoms with Crippen LogP contribution in [0.25, 0.3) is 0 Å². The molecule has 14 heavy (non-hydrogen) atoms. The van der Waals surface area contributed by atoms with Crippen LogP contribution in [-0.2, 0) is 11.3 Å². The Balaban J connectivity index is 1.98. The Morgan fingerprint density at radius 3 is 3.00 bits per heavy atom. The zero-order chi connectivity index (χ0) is 9.80. The van der Waals surface area contributed by atoms with Crippen LogP contribution in [0.15, 0.2) is 18.2 Å².